The van der Waals surface area contributed by atoms with Crippen LogP contribution >= 0.6 is 44.1 Å². The normalized spacial score (nSPS) is 12.0. The zero-order valence-electron chi connectivity index (χ0n) is 10.1. The Morgan fingerprint density at radius 2 is 1.94 bits per heavy atom. The van der Waals surface area contributed by atoms with Gasteiger partial charge in [0, 0.05) is 8.95 Å². The first-order valence-corrected chi connectivity index (χ1v) is 7.42. The summed E-state index contributed by atoms with van der Waals surface area (Å²) in [7, 11) is 0. The van der Waals surface area contributed by atoms with Gasteiger partial charge >= 0.3 is 0 Å². The lowest BCUT2D eigenvalue weighted by molar-refractivity contribution is -0.118. The summed E-state index contributed by atoms with van der Waals surface area (Å²) in [5, 5.41) is 2.84. The molecule has 0 heterocycles. The summed E-state index contributed by atoms with van der Waals surface area (Å²) in [4.78, 5) is 12.3. The number of hydrogen-bond donors (Lipinski definition) is 2. The molecule has 1 rings (SSSR count). The molecule has 0 bridgehead atoms. The Morgan fingerprint density at radius 1 is 1.44 bits per heavy atom. The summed E-state index contributed by atoms with van der Waals surface area (Å²) in [6.07, 6.45) is 0.586. The molecule has 0 spiro atoms. The second-order valence-corrected chi connectivity index (χ2v) is 6.14. The molecule has 3 nitrogen and oxygen atoms in total. The van der Waals surface area contributed by atoms with Gasteiger partial charge in [0.25, 0.3) is 0 Å². The van der Waals surface area contributed by atoms with Crippen LogP contribution in [-0.4, -0.2) is 10.9 Å². The number of amides is 1. The molecule has 3 N–H and O–H groups in total. The Kier molecular flexibility index (Phi) is 5.75. The number of nitrogens with two attached hydrogens (primary N) is 1. The summed E-state index contributed by atoms with van der Waals surface area (Å²) >= 11 is 11.7. The highest BCUT2D eigenvalue weighted by Crippen LogP contribution is 2.32. The lowest BCUT2D eigenvalue weighted by Gasteiger charge is -2.16. The van der Waals surface area contributed by atoms with E-state index in [0.29, 0.717) is 12.1 Å². The van der Waals surface area contributed by atoms with Crippen LogP contribution in [0.1, 0.15) is 18.9 Å². The van der Waals surface area contributed by atoms with Crippen molar-refractivity contribution in [3.8, 4) is 0 Å². The van der Waals surface area contributed by atoms with Gasteiger partial charge in [-0.15, -0.1) is 0 Å². The second kappa shape index (κ2) is 6.63. The SMILES string of the molecule is CCC(C(=O)Nc1c(Br)cc(C)cc1Br)C(N)=S. The van der Waals surface area contributed by atoms with E-state index >= 15 is 0 Å². The fraction of sp³-hybridized carbons (Fsp3) is 0.333. The molecule has 0 aliphatic heterocycles. The molecule has 1 amide bonds. The van der Waals surface area contributed by atoms with Gasteiger partial charge in [0.1, 0.15) is 0 Å². The molecule has 1 atom stereocenters. The van der Waals surface area contributed by atoms with E-state index in [1.807, 2.05) is 26.0 Å². The van der Waals surface area contributed by atoms with Crippen LogP contribution in [-0.2, 0) is 4.79 Å². The van der Waals surface area contributed by atoms with Crippen LogP contribution in [0.2, 0.25) is 0 Å². The van der Waals surface area contributed by atoms with Gasteiger partial charge in [-0.05, 0) is 62.9 Å². The van der Waals surface area contributed by atoms with E-state index < -0.39 is 5.92 Å². The van der Waals surface area contributed by atoms with Crippen molar-refractivity contribution in [2.24, 2.45) is 11.7 Å². The standard InChI is InChI=1S/C12H14Br2N2OS/c1-3-7(11(15)18)12(17)16-10-8(13)4-6(2)5-9(10)14/h4-5,7H,3H2,1-2H3,(H2,15,18)(H,16,17). The van der Waals surface area contributed by atoms with Gasteiger partial charge in [-0.3, -0.25) is 4.79 Å². The highest BCUT2D eigenvalue weighted by atomic mass is 79.9. The van der Waals surface area contributed by atoms with Crippen LogP contribution in [0.25, 0.3) is 0 Å². The van der Waals surface area contributed by atoms with E-state index in [2.05, 4.69) is 37.2 Å². The van der Waals surface area contributed by atoms with Crippen molar-refractivity contribution >= 4 is 60.7 Å². The number of rotatable bonds is 4. The summed E-state index contributed by atoms with van der Waals surface area (Å²) in [5.41, 5.74) is 7.33. The van der Waals surface area contributed by atoms with E-state index in [4.69, 9.17) is 18.0 Å². The minimum absolute atomic E-state index is 0.185. The predicted octanol–water partition coefficient (Wildman–Crippen LogP) is 3.77. The van der Waals surface area contributed by atoms with Gasteiger partial charge in [-0.2, -0.15) is 0 Å². The fourth-order valence-corrected chi connectivity index (χ4v) is 3.43. The maximum absolute atomic E-state index is 12.1. The van der Waals surface area contributed by atoms with Crippen LogP contribution in [0.4, 0.5) is 5.69 Å². The fourth-order valence-electron chi connectivity index (χ4n) is 1.55. The highest BCUT2D eigenvalue weighted by Gasteiger charge is 2.21. The lowest BCUT2D eigenvalue weighted by Crippen LogP contribution is -2.32. The zero-order chi connectivity index (χ0) is 13.9. The van der Waals surface area contributed by atoms with Gasteiger partial charge in [0.2, 0.25) is 5.91 Å². The van der Waals surface area contributed by atoms with Crippen LogP contribution in [0.15, 0.2) is 21.1 Å². The number of carbonyl (C=O) groups is 1. The topological polar surface area (TPSA) is 55.1 Å². The summed E-state index contributed by atoms with van der Waals surface area (Å²) in [6.45, 7) is 3.85. The van der Waals surface area contributed by atoms with Crippen molar-refractivity contribution in [2.75, 3.05) is 5.32 Å². The average molecular weight is 394 g/mol. The number of carbonyl (C=O) groups excluding carboxylic acids is 1. The Labute approximate surface area is 129 Å². The molecule has 98 valence electrons. The maximum atomic E-state index is 12.1. The van der Waals surface area contributed by atoms with Crippen molar-refractivity contribution in [1.29, 1.82) is 0 Å². The average Bonchev–Trinajstić information content (AvgIpc) is 2.23. The highest BCUT2D eigenvalue weighted by molar-refractivity contribution is 9.11. The minimum atomic E-state index is -0.444. The summed E-state index contributed by atoms with van der Waals surface area (Å²) in [5.74, 6) is -0.629. The molecule has 6 heteroatoms. The summed E-state index contributed by atoms with van der Waals surface area (Å²) in [6, 6.07) is 3.87. The number of aryl methyl sites for hydroxylation is 1. The van der Waals surface area contributed by atoms with Crippen LogP contribution in [0, 0.1) is 12.8 Å². The third kappa shape index (κ3) is 3.76. The van der Waals surface area contributed by atoms with Crippen molar-refractivity contribution < 1.29 is 4.79 Å². The van der Waals surface area contributed by atoms with Gasteiger partial charge in [0.15, 0.2) is 0 Å². The monoisotopic (exact) mass is 392 g/mol. The minimum Gasteiger partial charge on any atom is -0.393 e. The number of halogens is 2. The summed E-state index contributed by atoms with van der Waals surface area (Å²) < 4.78 is 1.64. The van der Waals surface area contributed by atoms with Crippen molar-refractivity contribution in [3.63, 3.8) is 0 Å². The number of benzene rings is 1. The van der Waals surface area contributed by atoms with Gasteiger partial charge in [-0.1, -0.05) is 19.1 Å². The quantitative estimate of drug-likeness (QED) is 0.765. The first-order chi connectivity index (χ1) is 8.36. The smallest absolute Gasteiger partial charge is 0.234 e. The Morgan fingerprint density at radius 3 is 2.33 bits per heavy atom. The number of nitrogens with one attached hydrogen (secondary N) is 1. The van der Waals surface area contributed by atoms with E-state index in [1.165, 1.54) is 0 Å². The van der Waals surface area contributed by atoms with E-state index in [-0.39, 0.29) is 10.9 Å². The van der Waals surface area contributed by atoms with E-state index in [1.54, 1.807) is 0 Å². The number of anilines is 1. The van der Waals surface area contributed by atoms with Crippen LogP contribution < -0.4 is 11.1 Å². The molecule has 18 heavy (non-hydrogen) atoms. The van der Waals surface area contributed by atoms with Gasteiger partial charge < -0.3 is 11.1 Å². The molecule has 0 radical (unpaired) electrons. The third-order valence-electron chi connectivity index (χ3n) is 2.50. The Hall–Kier alpha value is -0.460. The molecular weight excluding hydrogens is 380 g/mol. The van der Waals surface area contributed by atoms with Crippen molar-refractivity contribution in [3.05, 3.63) is 26.6 Å². The molecule has 1 aromatic rings. The molecule has 0 aliphatic carbocycles. The van der Waals surface area contributed by atoms with E-state index in [9.17, 15) is 4.79 Å². The molecule has 0 aliphatic rings. The van der Waals surface area contributed by atoms with Crippen LogP contribution in [0.3, 0.4) is 0 Å². The molecule has 0 aromatic heterocycles. The predicted molar refractivity (Wildman–Crippen MR) is 85.8 cm³/mol. The van der Waals surface area contributed by atoms with Gasteiger partial charge in [-0.25, -0.2) is 0 Å². The largest absolute Gasteiger partial charge is 0.393 e. The molecular formula is C12H14Br2N2OS. The lowest BCUT2D eigenvalue weighted by atomic mass is 10.1. The van der Waals surface area contributed by atoms with Crippen LogP contribution in [0.5, 0.6) is 0 Å². The van der Waals surface area contributed by atoms with Gasteiger partial charge in [0.05, 0.1) is 16.6 Å². The molecule has 0 fully saturated rings. The molecule has 0 saturated heterocycles. The maximum Gasteiger partial charge on any atom is 0.234 e. The number of thiocarbonyl (C=S) groups is 1. The third-order valence-corrected chi connectivity index (χ3v) is 4.04. The first-order valence-electron chi connectivity index (χ1n) is 5.42. The van der Waals surface area contributed by atoms with Crippen molar-refractivity contribution in [1.82, 2.24) is 0 Å². The zero-order valence-corrected chi connectivity index (χ0v) is 14.1. The van der Waals surface area contributed by atoms with E-state index in [0.717, 1.165) is 14.5 Å². The Bertz CT molecular complexity index is 468. The second-order valence-electron chi connectivity index (χ2n) is 3.96. The molecule has 1 unspecified atom stereocenters. The Balaban J connectivity index is 2.98. The number of hydrogen-bond acceptors (Lipinski definition) is 2. The van der Waals surface area contributed by atoms with Crippen molar-refractivity contribution in [2.45, 2.75) is 20.3 Å². The molecule has 1 aromatic carbocycles. The first kappa shape index (κ1) is 15.6. The molecule has 0 saturated carbocycles.